The predicted octanol–water partition coefficient (Wildman–Crippen LogP) is 6.46. The molecule has 0 radical (unpaired) electrons. The van der Waals surface area contributed by atoms with Gasteiger partial charge in [0.2, 0.25) is 5.91 Å². The van der Waals surface area contributed by atoms with Gasteiger partial charge in [0.25, 0.3) is 0 Å². The van der Waals surface area contributed by atoms with Gasteiger partial charge in [-0.2, -0.15) is 0 Å². The number of carbonyl (C=O) groups is 1. The minimum absolute atomic E-state index is 0.0810. The van der Waals surface area contributed by atoms with E-state index in [9.17, 15) is 4.79 Å². The number of imidazole rings is 1. The third-order valence-electron chi connectivity index (χ3n) is 9.65. The van der Waals surface area contributed by atoms with Crippen molar-refractivity contribution < 1.29 is 4.79 Å². The maximum absolute atomic E-state index is 13.9. The molecule has 8 rings (SSSR count). The highest BCUT2D eigenvalue weighted by Crippen LogP contribution is 2.42. The molecule has 4 aromatic rings. The van der Waals surface area contributed by atoms with E-state index in [1.54, 1.807) is 0 Å². The number of piperazine rings is 1. The summed E-state index contributed by atoms with van der Waals surface area (Å²) in [4.78, 5) is 28.5. The molecule has 2 aromatic carbocycles. The average Bonchev–Trinajstić information content (AvgIpc) is 3.79. The molecule has 2 saturated carbocycles. The lowest BCUT2D eigenvalue weighted by Gasteiger charge is -2.36. The average molecular weight is 562 g/mol. The number of pyridine rings is 1. The Morgan fingerprint density at radius 1 is 0.881 bits per heavy atom. The molecule has 2 aliphatic carbocycles. The zero-order valence-corrected chi connectivity index (χ0v) is 24.1. The second-order valence-electron chi connectivity index (χ2n) is 12.6. The van der Waals surface area contributed by atoms with E-state index in [1.807, 2.05) is 12.3 Å². The van der Waals surface area contributed by atoms with Crippen molar-refractivity contribution >= 4 is 39.8 Å². The van der Waals surface area contributed by atoms with Crippen molar-refractivity contribution in [3.05, 3.63) is 60.8 Å². The van der Waals surface area contributed by atoms with Crippen LogP contribution in [0.2, 0.25) is 0 Å². The Labute approximate surface area is 247 Å². The van der Waals surface area contributed by atoms with Crippen LogP contribution >= 0.6 is 0 Å². The number of anilines is 4. The Bertz CT molecular complexity index is 1600. The van der Waals surface area contributed by atoms with Crippen LogP contribution in [0.3, 0.4) is 0 Å². The first-order valence-electron chi connectivity index (χ1n) is 15.8. The Hall–Kier alpha value is -4.07. The van der Waals surface area contributed by atoms with E-state index in [-0.39, 0.29) is 11.9 Å². The normalized spacial score (nSPS) is 21.0. The maximum atomic E-state index is 13.9. The second-order valence-corrected chi connectivity index (χ2v) is 12.6. The number of rotatable bonds is 6. The molecule has 1 saturated heterocycles. The summed E-state index contributed by atoms with van der Waals surface area (Å²) in [6.07, 6.45) is 11.4. The molecular formula is C34H39N7O. The number of hydrogen-bond donors (Lipinski definition) is 2. The third kappa shape index (κ3) is 4.86. The molecule has 2 aromatic heterocycles. The summed E-state index contributed by atoms with van der Waals surface area (Å²) in [6, 6.07) is 19.4. The number of amides is 1. The molecule has 2 aliphatic heterocycles. The highest BCUT2D eigenvalue weighted by Gasteiger charge is 2.34. The molecule has 1 atom stereocenters. The van der Waals surface area contributed by atoms with E-state index in [0.717, 1.165) is 72.2 Å². The van der Waals surface area contributed by atoms with Crippen LogP contribution in [0.5, 0.6) is 0 Å². The fourth-order valence-electron chi connectivity index (χ4n) is 7.20. The first-order chi connectivity index (χ1) is 20.7. The number of benzene rings is 2. The Kier molecular flexibility index (Phi) is 6.49. The van der Waals surface area contributed by atoms with Gasteiger partial charge in [0.05, 0.1) is 16.7 Å². The highest BCUT2D eigenvalue weighted by atomic mass is 16.2. The topological polar surface area (TPSA) is 78.3 Å². The first kappa shape index (κ1) is 25.6. The van der Waals surface area contributed by atoms with E-state index in [0.29, 0.717) is 12.0 Å². The number of hydrogen-bond acceptors (Lipinski definition) is 6. The zero-order chi connectivity index (χ0) is 28.0. The molecular weight excluding hydrogens is 522 g/mol. The van der Waals surface area contributed by atoms with E-state index >= 15 is 0 Å². The minimum Gasteiger partial charge on any atom is -0.382 e. The van der Waals surface area contributed by atoms with Crippen molar-refractivity contribution in [3.8, 4) is 11.4 Å². The molecule has 1 amide bonds. The summed E-state index contributed by atoms with van der Waals surface area (Å²) >= 11 is 0. The Morgan fingerprint density at radius 3 is 2.50 bits per heavy atom. The van der Waals surface area contributed by atoms with Gasteiger partial charge in [0.1, 0.15) is 17.7 Å². The van der Waals surface area contributed by atoms with Crippen LogP contribution in [0, 0.1) is 5.92 Å². The molecule has 4 heterocycles. The molecule has 216 valence electrons. The van der Waals surface area contributed by atoms with Gasteiger partial charge in [0.15, 0.2) is 0 Å². The van der Waals surface area contributed by atoms with E-state index in [4.69, 9.17) is 4.98 Å². The SMILES string of the molecule is O=C1Nc2ccc(NC3CC3)cc2-c2nc3cc(N4CCN(c5ccccn5)CC4)ccc3n2C1CC1CCCCC1. The van der Waals surface area contributed by atoms with Gasteiger partial charge in [0, 0.05) is 55.4 Å². The molecule has 8 nitrogen and oxygen atoms in total. The number of nitrogens with one attached hydrogen (secondary N) is 2. The van der Waals surface area contributed by atoms with E-state index < -0.39 is 0 Å². The monoisotopic (exact) mass is 561 g/mol. The fourth-order valence-corrected chi connectivity index (χ4v) is 7.20. The smallest absolute Gasteiger partial charge is 0.247 e. The summed E-state index contributed by atoms with van der Waals surface area (Å²) in [7, 11) is 0. The van der Waals surface area contributed by atoms with Crippen molar-refractivity contribution in [1.82, 2.24) is 14.5 Å². The van der Waals surface area contributed by atoms with Crippen molar-refractivity contribution in [2.75, 3.05) is 46.6 Å². The van der Waals surface area contributed by atoms with Crippen molar-refractivity contribution in [1.29, 1.82) is 0 Å². The fraction of sp³-hybridized carbons (Fsp3) is 0.441. The van der Waals surface area contributed by atoms with Crippen molar-refractivity contribution in [3.63, 3.8) is 0 Å². The summed E-state index contributed by atoms with van der Waals surface area (Å²) in [5.74, 6) is 2.60. The van der Waals surface area contributed by atoms with Gasteiger partial charge in [-0.3, -0.25) is 4.79 Å². The molecule has 8 heteroatoms. The standard InChI is InChI=1S/C34H39N7O/c42-34-31(20-23-6-2-1-3-7-23)41-30-14-12-26(39-16-18-40(19-17-39)32-8-4-5-15-35-32)22-29(30)37-33(41)27-21-25(36-24-9-10-24)11-13-28(27)38-34/h4-5,8,11-15,21-24,31,36H,1-3,6-7,9-10,16-20H2,(H,38,42). The van der Waals surface area contributed by atoms with E-state index in [2.05, 4.69) is 78.5 Å². The summed E-state index contributed by atoms with van der Waals surface area (Å²) in [5.41, 5.74) is 6.15. The van der Waals surface area contributed by atoms with Gasteiger partial charge in [-0.25, -0.2) is 9.97 Å². The molecule has 2 N–H and O–H groups in total. The minimum atomic E-state index is -0.270. The van der Waals surface area contributed by atoms with Crippen LogP contribution in [-0.2, 0) is 4.79 Å². The van der Waals surface area contributed by atoms with Gasteiger partial charge >= 0.3 is 0 Å². The molecule has 3 fully saturated rings. The van der Waals surface area contributed by atoms with Crippen LogP contribution in [0.25, 0.3) is 22.4 Å². The van der Waals surface area contributed by atoms with Crippen LogP contribution < -0.4 is 20.4 Å². The summed E-state index contributed by atoms with van der Waals surface area (Å²) < 4.78 is 2.26. The lowest BCUT2D eigenvalue weighted by atomic mass is 9.84. The molecule has 0 bridgehead atoms. The predicted molar refractivity (Wildman–Crippen MR) is 169 cm³/mol. The van der Waals surface area contributed by atoms with E-state index in [1.165, 1.54) is 50.6 Å². The lowest BCUT2D eigenvalue weighted by Crippen LogP contribution is -2.46. The maximum Gasteiger partial charge on any atom is 0.247 e. The van der Waals surface area contributed by atoms with Crippen molar-refractivity contribution in [2.45, 2.75) is 63.5 Å². The van der Waals surface area contributed by atoms with Gasteiger partial charge in [-0.05, 0) is 73.7 Å². The van der Waals surface area contributed by atoms with Crippen LogP contribution in [-0.4, -0.2) is 52.7 Å². The van der Waals surface area contributed by atoms with Crippen molar-refractivity contribution in [2.24, 2.45) is 5.92 Å². The van der Waals surface area contributed by atoms with Gasteiger partial charge in [-0.1, -0.05) is 38.2 Å². The van der Waals surface area contributed by atoms with Crippen LogP contribution in [0.1, 0.15) is 57.4 Å². The molecule has 0 spiro atoms. The Morgan fingerprint density at radius 2 is 1.71 bits per heavy atom. The van der Waals surface area contributed by atoms with Gasteiger partial charge < -0.3 is 25.0 Å². The molecule has 1 unspecified atom stereocenters. The van der Waals surface area contributed by atoms with Gasteiger partial charge in [-0.15, -0.1) is 0 Å². The van der Waals surface area contributed by atoms with Crippen LogP contribution in [0.15, 0.2) is 60.8 Å². The summed E-state index contributed by atoms with van der Waals surface area (Å²) in [5, 5.41) is 6.93. The van der Waals surface area contributed by atoms with Crippen LogP contribution in [0.4, 0.5) is 22.9 Å². The highest BCUT2D eigenvalue weighted by molar-refractivity contribution is 6.02. The molecule has 42 heavy (non-hydrogen) atoms. The largest absolute Gasteiger partial charge is 0.382 e. The number of nitrogens with zero attached hydrogens (tertiary/aromatic N) is 5. The second kappa shape index (κ2) is 10.6. The third-order valence-corrected chi connectivity index (χ3v) is 9.65. The number of carbonyl (C=O) groups excluding carboxylic acids is 1. The Balaban J connectivity index is 1.15. The first-order valence-corrected chi connectivity index (χ1v) is 15.8. The zero-order valence-electron chi connectivity index (χ0n) is 24.1. The number of fused-ring (bicyclic) bond motifs is 5. The summed E-state index contributed by atoms with van der Waals surface area (Å²) in [6.45, 7) is 3.73. The number of aromatic nitrogens is 3. The quantitative estimate of drug-likeness (QED) is 0.281. The lowest BCUT2D eigenvalue weighted by molar-refractivity contribution is -0.119. The molecule has 4 aliphatic rings.